The Balaban J connectivity index is 1.86. The van der Waals surface area contributed by atoms with Gasteiger partial charge in [-0.1, -0.05) is 24.3 Å². The van der Waals surface area contributed by atoms with E-state index in [4.69, 9.17) is 14.7 Å². The quantitative estimate of drug-likeness (QED) is 0.723. The van der Waals surface area contributed by atoms with Crippen LogP contribution in [0.3, 0.4) is 0 Å². The number of nitrogens with one attached hydrogen (secondary N) is 1. The second-order valence-corrected chi connectivity index (χ2v) is 5.85. The van der Waals surface area contributed by atoms with Crippen molar-refractivity contribution in [2.75, 3.05) is 11.9 Å². The van der Waals surface area contributed by atoms with Crippen LogP contribution < -0.4 is 10.1 Å². The number of rotatable bonds is 8. The summed E-state index contributed by atoms with van der Waals surface area (Å²) in [4.78, 5) is 24.2. The summed E-state index contributed by atoms with van der Waals surface area (Å²) in [5.74, 6) is -0.168. The van der Waals surface area contributed by atoms with Crippen LogP contribution in [0.25, 0.3) is 0 Å². The van der Waals surface area contributed by atoms with E-state index in [1.165, 1.54) is 6.92 Å². The third kappa shape index (κ3) is 6.15. The molecule has 27 heavy (non-hydrogen) atoms. The van der Waals surface area contributed by atoms with Gasteiger partial charge in [-0.2, -0.15) is 5.26 Å². The van der Waals surface area contributed by atoms with Crippen molar-refractivity contribution in [3.8, 4) is 11.8 Å². The first-order valence-electron chi connectivity index (χ1n) is 8.74. The number of hydrogen-bond donors (Lipinski definition) is 1. The topological polar surface area (TPSA) is 88.4 Å². The number of nitrogens with zero attached hydrogens (tertiary/aromatic N) is 1. The number of carbonyl (C=O) groups excluding carboxylic acids is 2. The fraction of sp³-hybridized carbons (Fsp3) is 0.286. The third-order valence-corrected chi connectivity index (χ3v) is 3.81. The van der Waals surface area contributed by atoms with Gasteiger partial charge in [0.1, 0.15) is 5.75 Å². The number of nitriles is 1. The third-order valence-electron chi connectivity index (χ3n) is 3.81. The summed E-state index contributed by atoms with van der Waals surface area (Å²) in [5.41, 5.74) is 1.83. The van der Waals surface area contributed by atoms with Gasteiger partial charge >= 0.3 is 5.97 Å². The molecule has 0 spiro atoms. The predicted octanol–water partition coefficient (Wildman–Crippen LogP) is 3.46. The van der Waals surface area contributed by atoms with E-state index in [1.807, 2.05) is 37.3 Å². The Morgan fingerprint density at radius 3 is 2.70 bits per heavy atom. The molecule has 0 aliphatic carbocycles. The number of benzene rings is 2. The van der Waals surface area contributed by atoms with Crippen LogP contribution >= 0.6 is 0 Å². The number of esters is 1. The molecule has 0 aliphatic rings. The highest BCUT2D eigenvalue weighted by atomic mass is 16.5. The van der Waals surface area contributed by atoms with Crippen LogP contribution in [0.4, 0.5) is 5.69 Å². The monoisotopic (exact) mass is 366 g/mol. The molecule has 1 N–H and O–H groups in total. The van der Waals surface area contributed by atoms with Gasteiger partial charge in [0, 0.05) is 12.1 Å². The van der Waals surface area contributed by atoms with Gasteiger partial charge in [-0.05, 0) is 50.1 Å². The van der Waals surface area contributed by atoms with E-state index in [1.54, 1.807) is 24.3 Å². The molecule has 2 aromatic rings. The summed E-state index contributed by atoms with van der Waals surface area (Å²) in [5, 5.41) is 11.5. The van der Waals surface area contributed by atoms with Crippen LogP contribution in [0.2, 0.25) is 0 Å². The lowest BCUT2D eigenvalue weighted by Crippen LogP contribution is -2.30. The van der Waals surface area contributed by atoms with Crippen LogP contribution in [-0.4, -0.2) is 24.6 Å². The fourth-order valence-corrected chi connectivity index (χ4v) is 2.46. The molecule has 0 fully saturated rings. The van der Waals surface area contributed by atoms with Crippen molar-refractivity contribution in [1.29, 1.82) is 5.26 Å². The summed E-state index contributed by atoms with van der Waals surface area (Å²) in [7, 11) is 0. The molecule has 140 valence electrons. The van der Waals surface area contributed by atoms with Gasteiger partial charge in [0.15, 0.2) is 6.10 Å². The van der Waals surface area contributed by atoms with Gasteiger partial charge in [-0.25, -0.2) is 0 Å². The smallest absolute Gasteiger partial charge is 0.306 e. The Bertz CT molecular complexity index is 842. The Morgan fingerprint density at radius 2 is 1.96 bits per heavy atom. The van der Waals surface area contributed by atoms with Gasteiger partial charge in [-0.15, -0.1) is 0 Å². The maximum absolute atomic E-state index is 12.2. The van der Waals surface area contributed by atoms with Crippen molar-refractivity contribution in [3.63, 3.8) is 0 Å². The minimum atomic E-state index is -0.939. The molecular weight excluding hydrogens is 344 g/mol. The minimum Gasteiger partial charge on any atom is -0.494 e. The van der Waals surface area contributed by atoms with Crippen LogP contribution in [0.5, 0.6) is 5.75 Å². The number of ether oxygens (including phenoxy) is 2. The SMILES string of the molecule is CCOc1ccccc1CCC(=O)O[C@@H](C)C(=O)Nc1cccc(C#N)c1. The van der Waals surface area contributed by atoms with E-state index in [9.17, 15) is 9.59 Å². The van der Waals surface area contributed by atoms with E-state index >= 15 is 0 Å². The number of aryl methyl sites for hydroxylation is 1. The molecular formula is C21H22N2O4. The van der Waals surface area contributed by atoms with E-state index in [-0.39, 0.29) is 6.42 Å². The van der Waals surface area contributed by atoms with E-state index in [0.29, 0.717) is 24.3 Å². The fourth-order valence-electron chi connectivity index (χ4n) is 2.46. The molecule has 0 unspecified atom stereocenters. The van der Waals surface area contributed by atoms with Crippen molar-refractivity contribution in [3.05, 3.63) is 59.7 Å². The molecule has 2 rings (SSSR count). The molecule has 0 radical (unpaired) electrons. The Labute approximate surface area is 158 Å². The average molecular weight is 366 g/mol. The molecule has 0 saturated heterocycles. The zero-order chi connectivity index (χ0) is 19.6. The van der Waals surface area contributed by atoms with Crippen LogP contribution in [0.15, 0.2) is 48.5 Å². The van der Waals surface area contributed by atoms with E-state index in [0.717, 1.165) is 11.3 Å². The lowest BCUT2D eigenvalue weighted by molar-refractivity contribution is -0.153. The number of anilines is 1. The highest BCUT2D eigenvalue weighted by Gasteiger charge is 2.18. The molecule has 0 aromatic heterocycles. The van der Waals surface area contributed by atoms with Gasteiger partial charge in [0.25, 0.3) is 5.91 Å². The molecule has 6 heteroatoms. The maximum Gasteiger partial charge on any atom is 0.306 e. The summed E-state index contributed by atoms with van der Waals surface area (Å²) in [6.45, 7) is 3.96. The molecule has 0 heterocycles. The molecule has 0 aliphatic heterocycles. The normalized spacial score (nSPS) is 11.1. The molecule has 0 saturated carbocycles. The van der Waals surface area contributed by atoms with Crippen LogP contribution in [0, 0.1) is 11.3 Å². The summed E-state index contributed by atoms with van der Waals surface area (Å²) < 4.78 is 10.7. The molecule has 6 nitrogen and oxygen atoms in total. The molecule has 1 atom stereocenters. The first-order chi connectivity index (χ1) is 13.0. The Kier molecular flexibility index (Phi) is 7.38. The Hall–Kier alpha value is -3.33. The van der Waals surface area contributed by atoms with Crippen molar-refractivity contribution in [2.45, 2.75) is 32.8 Å². The van der Waals surface area contributed by atoms with Gasteiger partial charge in [0.05, 0.1) is 18.2 Å². The van der Waals surface area contributed by atoms with E-state index < -0.39 is 18.0 Å². The number of hydrogen-bond acceptors (Lipinski definition) is 5. The number of carbonyl (C=O) groups is 2. The van der Waals surface area contributed by atoms with Crippen molar-refractivity contribution >= 4 is 17.6 Å². The first kappa shape index (κ1) is 20.0. The number of para-hydroxylation sites is 1. The van der Waals surface area contributed by atoms with Gasteiger partial charge in [0.2, 0.25) is 0 Å². The van der Waals surface area contributed by atoms with Gasteiger partial charge in [-0.3, -0.25) is 9.59 Å². The second-order valence-electron chi connectivity index (χ2n) is 5.85. The Morgan fingerprint density at radius 1 is 1.19 bits per heavy atom. The highest BCUT2D eigenvalue weighted by molar-refractivity contribution is 5.95. The van der Waals surface area contributed by atoms with Crippen LogP contribution in [-0.2, 0) is 20.7 Å². The van der Waals surface area contributed by atoms with Crippen molar-refractivity contribution < 1.29 is 19.1 Å². The van der Waals surface area contributed by atoms with Crippen molar-refractivity contribution in [2.24, 2.45) is 0 Å². The van der Waals surface area contributed by atoms with Crippen LogP contribution in [0.1, 0.15) is 31.4 Å². The van der Waals surface area contributed by atoms with Crippen molar-refractivity contribution in [1.82, 2.24) is 0 Å². The molecule has 0 bridgehead atoms. The lowest BCUT2D eigenvalue weighted by atomic mass is 10.1. The standard InChI is InChI=1S/C21H22N2O4/c1-3-26-19-10-5-4-8-17(19)11-12-20(24)27-15(2)21(25)23-18-9-6-7-16(13-18)14-22/h4-10,13,15H,3,11-12H2,1-2H3,(H,23,25)/t15-/m0/s1. The first-order valence-corrected chi connectivity index (χ1v) is 8.74. The van der Waals surface area contributed by atoms with E-state index in [2.05, 4.69) is 5.32 Å². The molecule has 1 amide bonds. The summed E-state index contributed by atoms with van der Waals surface area (Å²) in [6.07, 6.45) is -0.329. The highest BCUT2D eigenvalue weighted by Crippen LogP contribution is 2.20. The zero-order valence-electron chi connectivity index (χ0n) is 15.4. The largest absolute Gasteiger partial charge is 0.494 e. The zero-order valence-corrected chi connectivity index (χ0v) is 15.4. The predicted molar refractivity (Wildman–Crippen MR) is 101 cm³/mol. The molecule has 2 aromatic carbocycles. The minimum absolute atomic E-state index is 0.144. The lowest BCUT2D eigenvalue weighted by Gasteiger charge is -2.14. The average Bonchev–Trinajstić information content (AvgIpc) is 2.67. The summed E-state index contributed by atoms with van der Waals surface area (Å²) >= 11 is 0. The van der Waals surface area contributed by atoms with Gasteiger partial charge < -0.3 is 14.8 Å². The number of amides is 1. The summed E-state index contributed by atoms with van der Waals surface area (Å²) in [6, 6.07) is 16.0. The second kappa shape index (κ2) is 9.97. The maximum atomic E-state index is 12.2.